The highest BCUT2D eigenvalue weighted by Crippen LogP contribution is 2.37. The number of ether oxygens (including phenoxy) is 3. The molecule has 0 spiro atoms. The zero-order chi connectivity index (χ0) is 47.6. The molecule has 1 N–H and O–H groups in total. The lowest BCUT2D eigenvalue weighted by molar-refractivity contribution is -0.134. The number of hydrogen-bond acceptors (Lipinski definition) is 11. The summed E-state index contributed by atoms with van der Waals surface area (Å²) in [6.45, 7) is 23.9. The topological polar surface area (TPSA) is 156 Å². The van der Waals surface area contributed by atoms with Crippen LogP contribution >= 0.6 is 0 Å². The summed E-state index contributed by atoms with van der Waals surface area (Å²) in [5, 5.41) is 3.30. The number of piperazine rings is 1. The number of anilines is 3. The van der Waals surface area contributed by atoms with Gasteiger partial charge in [-0.2, -0.15) is 0 Å². The standard InChI is InChI=1S/C49H67N7O8Si/c1-47(2,3)63-45(59)55(33-43(57)53-26-28-54(29-27-53)44(58)61-34-36-16-13-12-14-17-36)25-24-50-41-21-20-39(32-52-41)38-22-23-51-42(31-38)56(46(60)64-48(4,5)6)40-19-15-18-37(30-40)35-62-65(10,11)49(7,8)9/h12-23,30-32H,24-29,33-35H2,1-11H3,(H,50,52). The summed E-state index contributed by atoms with van der Waals surface area (Å²) in [4.78, 5) is 68.7. The van der Waals surface area contributed by atoms with E-state index in [1.54, 1.807) is 43.0 Å². The van der Waals surface area contributed by atoms with Crippen molar-refractivity contribution in [3.63, 3.8) is 0 Å². The molecule has 0 bridgehead atoms. The number of carbonyl (C=O) groups excluding carboxylic acids is 4. The van der Waals surface area contributed by atoms with Gasteiger partial charge < -0.3 is 33.8 Å². The van der Waals surface area contributed by atoms with Crippen molar-refractivity contribution in [3.8, 4) is 11.1 Å². The Hall–Kier alpha value is -6.00. The van der Waals surface area contributed by atoms with Crippen LogP contribution in [0.2, 0.25) is 18.1 Å². The number of nitrogens with one attached hydrogen (secondary N) is 1. The maximum Gasteiger partial charge on any atom is 0.420 e. The number of hydrogen-bond donors (Lipinski definition) is 1. The van der Waals surface area contributed by atoms with E-state index in [0.717, 1.165) is 22.3 Å². The van der Waals surface area contributed by atoms with Crippen molar-refractivity contribution in [3.05, 3.63) is 102 Å². The molecule has 3 heterocycles. The lowest BCUT2D eigenvalue weighted by atomic mass is 10.1. The van der Waals surface area contributed by atoms with Crippen molar-refractivity contribution < 1.29 is 37.8 Å². The van der Waals surface area contributed by atoms with E-state index >= 15 is 0 Å². The minimum absolute atomic E-state index is 0.0500. The van der Waals surface area contributed by atoms with Gasteiger partial charge in [-0.25, -0.2) is 29.3 Å². The first-order valence-corrected chi connectivity index (χ1v) is 25.0. The lowest BCUT2D eigenvalue weighted by Crippen LogP contribution is -2.53. The SMILES string of the molecule is CC(C)(C)OC(=O)N(CCNc1ccc(-c2ccnc(N(C(=O)OC(C)(C)C)c3cccc(CO[Si](C)(C)C(C)(C)C)c3)c2)cn1)CC(=O)N1CCN(C(=O)OCc2ccccc2)CC1. The van der Waals surface area contributed by atoms with Crippen LogP contribution in [-0.4, -0.2) is 114 Å². The molecule has 0 atom stereocenters. The molecule has 16 heteroatoms. The lowest BCUT2D eigenvalue weighted by Gasteiger charge is -2.36. The fraction of sp³-hybridized carbons (Fsp3) is 0.469. The predicted molar refractivity (Wildman–Crippen MR) is 255 cm³/mol. The molecule has 5 rings (SSSR count). The van der Waals surface area contributed by atoms with Crippen molar-refractivity contribution >= 4 is 49.8 Å². The summed E-state index contributed by atoms with van der Waals surface area (Å²) in [5.41, 5.74) is 2.46. The van der Waals surface area contributed by atoms with E-state index in [4.69, 9.17) is 18.6 Å². The Morgan fingerprint density at radius 2 is 1.35 bits per heavy atom. The van der Waals surface area contributed by atoms with Crippen LogP contribution in [0.4, 0.5) is 31.7 Å². The third-order valence-electron chi connectivity index (χ3n) is 11.0. The van der Waals surface area contributed by atoms with E-state index in [2.05, 4.69) is 49.1 Å². The molecular weight excluding hydrogens is 843 g/mol. The minimum Gasteiger partial charge on any atom is -0.445 e. The summed E-state index contributed by atoms with van der Waals surface area (Å²) >= 11 is 0. The van der Waals surface area contributed by atoms with Crippen LogP contribution < -0.4 is 10.2 Å². The number of benzene rings is 2. The Balaban J connectivity index is 1.22. The molecule has 2 aromatic carbocycles. The smallest absolute Gasteiger partial charge is 0.420 e. The van der Waals surface area contributed by atoms with Gasteiger partial charge >= 0.3 is 18.3 Å². The number of carbonyl (C=O) groups is 4. The van der Waals surface area contributed by atoms with Crippen molar-refractivity contribution in [2.24, 2.45) is 0 Å². The summed E-state index contributed by atoms with van der Waals surface area (Å²) in [6.07, 6.45) is 1.75. The maximum absolute atomic E-state index is 13.9. The van der Waals surface area contributed by atoms with Gasteiger partial charge in [-0.05, 0) is 113 Å². The average molecular weight is 910 g/mol. The molecule has 1 aliphatic rings. The second kappa shape index (κ2) is 21.3. The molecule has 1 saturated heterocycles. The normalized spacial score (nSPS) is 13.5. The highest BCUT2D eigenvalue weighted by molar-refractivity contribution is 6.74. The summed E-state index contributed by atoms with van der Waals surface area (Å²) in [5.74, 6) is 0.684. The van der Waals surface area contributed by atoms with Crippen molar-refractivity contribution in [1.82, 2.24) is 24.7 Å². The number of pyridine rings is 2. The van der Waals surface area contributed by atoms with Crippen LogP contribution in [0.15, 0.2) is 91.3 Å². The number of nitrogens with zero attached hydrogens (tertiary/aromatic N) is 6. The second-order valence-corrected chi connectivity index (χ2v) is 24.4. The molecule has 1 aliphatic heterocycles. The van der Waals surface area contributed by atoms with Gasteiger partial charge in [0.05, 0.1) is 12.3 Å². The summed E-state index contributed by atoms with van der Waals surface area (Å²) in [6, 6.07) is 24.5. The highest BCUT2D eigenvalue weighted by atomic mass is 28.4. The quantitative estimate of drug-likeness (QED) is 0.0949. The van der Waals surface area contributed by atoms with E-state index in [1.807, 2.05) is 99.6 Å². The summed E-state index contributed by atoms with van der Waals surface area (Å²) < 4.78 is 23.5. The van der Waals surface area contributed by atoms with E-state index in [0.29, 0.717) is 50.1 Å². The van der Waals surface area contributed by atoms with Gasteiger partial charge in [0.15, 0.2) is 8.32 Å². The zero-order valence-corrected chi connectivity index (χ0v) is 41.0. The van der Waals surface area contributed by atoms with E-state index in [-0.39, 0.29) is 37.2 Å². The van der Waals surface area contributed by atoms with Crippen LogP contribution in [0.1, 0.15) is 73.4 Å². The third kappa shape index (κ3) is 15.0. The molecule has 1 fully saturated rings. The average Bonchev–Trinajstić information content (AvgIpc) is 3.24. The zero-order valence-electron chi connectivity index (χ0n) is 40.0. The fourth-order valence-electron chi connectivity index (χ4n) is 6.39. The number of aromatic nitrogens is 2. The van der Waals surface area contributed by atoms with Crippen LogP contribution in [0.25, 0.3) is 11.1 Å². The van der Waals surface area contributed by atoms with Gasteiger partial charge in [0.25, 0.3) is 0 Å². The van der Waals surface area contributed by atoms with Crippen LogP contribution in [-0.2, 0) is 36.6 Å². The molecule has 0 unspecified atom stereocenters. The molecule has 65 heavy (non-hydrogen) atoms. The number of rotatable bonds is 14. The van der Waals surface area contributed by atoms with Gasteiger partial charge in [-0.15, -0.1) is 0 Å². The molecule has 4 amide bonds. The first-order chi connectivity index (χ1) is 30.5. The highest BCUT2D eigenvalue weighted by Gasteiger charge is 2.37. The Morgan fingerprint density at radius 1 is 0.708 bits per heavy atom. The molecule has 0 aliphatic carbocycles. The monoisotopic (exact) mass is 909 g/mol. The molecule has 4 aromatic rings. The van der Waals surface area contributed by atoms with Gasteiger partial charge in [0.1, 0.15) is 36.0 Å². The van der Waals surface area contributed by atoms with Crippen molar-refractivity contribution in [2.45, 2.75) is 105 Å². The van der Waals surface area contributed by atoms with Crippen LogP contribution in [0.5, 0.6) is 0 Å². The Bertz CT molecular complexity index is 2230. The Labute approximate surface area is 385 Å². The van der Waals surface area contributed by atoms with Crippen LogP contribution in [0.3, 0.4) is 0 Å². The second-order valence-electron chi connectivity index (χ2n) is 19.6. The molecule has 15 nitrogen and oxygen atoms in total. The largest absolute Gasteiger partial charge is 0.445 e. The molecule has 2 aromatic heterocycles. The molecule has 350 valence electrons. The first-order valence-electron chi connectivity index (χ1n) is 22.1. The van der Waals surface area contributed by atoms with E-state index in [1.165, 1.54) is 9.80 Å². The van der Waals surface area contributed by atoms with Crippen molar-refractivity contribution in [1.29, 1.82) is 0 Å². The minimum atomic E-state index is -2.02. The maximum atomic E-state index is 13.9. The van der Waals surface area contributed by atoms with Gasteiger partial charge in [-0.3, -0.25) is 9.69 Å². The van der Waals surface area contributed by atoms with E-state index in [9.17, 15) is 19.2 Å². The first kappa shape index (κ1) is 50.0. The van der Waals surface area contributed by atoms with Crippen LogP contribution in [0, 0.1) is 0 Å². The van der Waals surface area contributed by atoms with Gasteiger partial charge in [0.2, 0.25) is 5.91 Å². The predicted octanol–water partition coefficient (Wildman–Crippen LogP) is 9.87. The van der Waals surface area contributed by atoms with Crippen molar-refractivity contribution in [2.75, 3.05) is 56.0 Å². The number of amides is 4. The van der Waals surface area contributed by atoms with E-state index < -0.39 is 37.8 Å². The summed E-state index contributed by atoms with van der Waals surface area (Å²) in [7, 11) is -2.02. The third-order valence-corrected chi connectivity index (χ3v) is 15.5. The molecular formula is C49H67N7O8Si. The van der Waals surface area contributed by atoms with Gasteiger partial charge in [-0.1, -0.05) is 63.2 Å². The Kier molecular flexibility index (Phi) is 16.4. The molecule has 0 saturated carbocycles. The van der Waals surface area contributed by atoms with Gasteiger partial charge in [0, 0.05) is 57.2 Å². The Morgan fingerprint density at radius 3 is 1.98 bits per heavy atom. The fourth-order valence-corrected chi connectivity index (χ4v) is 7.35. The molecule has 0 radical (unpaired) electrons.